The average Bonchev–Trinajstić information content (AvgIpc) is 2.66. The third-order valence-electron chi connectivity index (χ3n) is 4.90. The van der Waals surface area contributed by atoms with Gasteiger partial charge in [-0.2, -0.15) is 0 Å². The number of halogens is 1. The first-order valence-corrected chi connectivity index (χ1v) is 10.3. The summed E-state index contributed by atoms with van der Waals surface area (Å²) < 4.78 is 0. The van der Waals surface area contributed by atoms with Crippen LogP contribution in [0.3, 0.4) is 0 Å². The maximum absolute atomic E-state index is 13.1. The van der Waals surface area contributed by atoms with E-state index < -0.39 is 6.04 Å². The Morgan fingerprint density at radius 1 is 1.21 bits per heavy atom. The molecule has 1 heterocycles. The van der Waals surface area contributed by atoms with E-state index >= 15 is 0 Å². The van der Waals surface area contributed by atoms with Gasteiger partial charge < -0.3 is 15.5 Å². The van der Waals surface area contributed by atoms with Gasteiger partial charge in [0, 0.05) is 36.1 Å². The van der Waals surface area contributed by atoms with E-state index in [1.807, 2.05) is 20.8 Å². The fraction of sp³-hybridized carbons (Fsp3) is 0.571. The lowest BCUT2D eigenvalue weighted by molar-refractivity contribution is -0.136. The zero-order valence-corrected chi connectivity index (χ0v) is 17.6. The molecule has 0 aliphatic carbocycles. The summed E-state index contributed by atoms with van der Waals surface area (Å²) in [5.41, 5.74) is 0.464. The summed E-state index contributed by atoms with van der Waals surface area (Å²) in [5, 5.41) is 6.43. The number of piperidine rings is 1. The Morgan fingerprint density at radius 3 is 2.50 bits per heavy atom. The molecular weight excluding hydrogens is 378 g/mol. The molecule has 28 heavy (non-hydrogen) atoms. The number of likely N-dealkylation sites (tertiary alicyclic amines) is 1. The van der Waals surface area contributed by atoms with Crippen LogP contribution in [0.15, 0.2) is 24.3 Å². The SMILES string of the molecule is CCCC(=O)NC1CCCN(C(=O)C(NC(=O)c2ccc(Cl)cc2)C(C)C)C1. The first-order valence-electron chi connectivity index (χ1n) is 9.96. The Labute approximate surface area is 172 Å². The van der Waals surface area contributed by atoms with Gasteiger partial charge in [-0.1, -0.05) is 32.4 Å². The minimum absolute atomic E-state index is 0.0262. The van der Waals surface area contributed by atoms with Gasteiger partial charge in [0.05, 0.1) is 0 Å². The van der Waals surface area contributed by atoms with Gasteiger partial charge in [0.2, 0.25) is 11.8 Å². The van der Waals surface area contributed by atoms with Gasteiger partial charge in [-0.25, -0.2) is 0 Å². The van der Waals surface area contributed by atoms with Gasteiger partial charge in [0.1, 0.15) is 6.04 Å². The summed E-state index contributed by atoms with van der Waals surface area (Å²) in [7, 11) is 0. The molecule has 154 valence electrons. The highest BCUT2D eigenvalue weighted by Gasteiger charge is 2.32. The number of carbonyl (C=O) groups is 3. The van der Waals surface area contributed by atoms with Gasteiger partial charge in [-0.15, -0.1) is 0 Å². The zero-order chi connectivity index (χ0) is 20.7. The molecule has 2 N–H and O–H groups in total. The second-order valence-corrected chi connectivity index (χ2v) is 8.08. The summed E-state index contributed by atoms with van der Waals surface area (Å²) in [6, 6.07) is 5.93. The fourth-order valence-corrected chi connectivity index (χ4v) is 3.48. The maximum atomic E-state index is 13.1. The van der Waals surface area contributed by atoms with Crippen molar-refractivity contribution in [3.8, 4) is 0 Å². The molecule has 2 atom stereocenters. The number of amides is 3. The van der Waals surface area contributed by atoms with E-state index in [9.17, 15) is 14.4 Å². The van der Waals surface area contributed by atoms with Crippen molar-refractivity contribution < 1.29 is 14.4 Å². The van der Waals surface area contributed by atoms with E-state index in [4.69, 9.17) is 11.6 Å². The van der Waals surface area contributed by atoms with Crippen LogP contribution in [0, 0.1) is 5.92 Å². The summed E-state index contributed by atoms with van der Waals surface area (Å²) in [6.45, 7) is 6.91. The molecule has 1 aromatic carbocycles. The van der Waals surface area contributed by atoms with Gasteiger partial charge in [-0.3, -0.25) is 14.4 Å². The van der Waals surface area contributed by atoms with E-state index in [1.165, 1.54) is 0 Å². The lowest BCUT2D eigenvalue weighted by atomic mass is 9.99. The standard InChI is InChI=1S/C21H30ClN3O3/c1-4-6-18(26)23-17-7-5-12-25(13-17)21(28)19(14(2)3)24-20(27)15-8-10-16(22)11-9-15/h8-11,14,17,19H,4-7,12-13H2,1-3H3,(H,23,26)(H,24,27). The third-order valence-corrected chi connectivity index (χ3v) is 5.15. The van der Waals surface area contributed by atoms with E-state index in [0.717, 1.165) is 19.3 Å². The van der Waals surface area contributed by atoms with Crippen molar-refractivity contribution in [1.29, 1.82) is 0 Å². The molecule has 0 bridgehead atoms. The minimum atomic E-state index is -0.617. The number of nitrogens with zero attached hydrogens (tertiary/aromatic N) is 1. The Hall–Kier alpha value is -2.08. The largest absolute Gasteiger partial charge is 0.352 e. The van der Waals surface area contributed by atoms with Crippen LogP contribution in [0.2, 0.25) is 5.02 Å². The first-order chi connectivity index (χ1) is 13.3. The van der Waals surface area contributed by atoms with E-state index in [0.29, 0.717) is 30.1 Å². The normalized spacial score (nSPS) is 17.9. The first kappa shape index (κ1) is 22.2. The number of hydrogen-bond acceptors (Lipinski definition) is 3. The van der Waals surface area contributed by atoms with Crippen molar-refractivity contribution in [2.45, 2.75) is 58.5 Å². The van der Waals surface area contributed by atoms with E-state index in [1.54, 1.807) is 29.2 Å². The van der Waals surface area contributed by atoms with Crippen molar-refractivity contribution in [3.05, 3.63) is 34.9 Å². The van der Waals surface area contributed by atoms with Crippen LogP contribution in [-0.4, -0.2) is 47.8 Å². The Bertz CT molecular complexity index is 691. The highest BCUT2D eigenvalue weighted by molar-refractivity contribution is 6.30. The van der Waals surface area contributed by atoms with Gasteiger partial charge in [-0.05, 0) is 49.4 Å². The lowest BCUT2D eigenvalue weighted by Gasteiger charge is -2.36. The van der Waals surface area contributed by atoms with Crippen molar-refractivity contribution in [2.75, 3.05) is 13.1 Å². The lowest BCUT2D eigenvalue weighted by Crippen LogP contribution is -2.56. The average molecular weight is 408 g/mol. The van der Waals surface area contributed by atoms with Crippen molar-refractivity contribution in [2.24, 2.45) is 5.92 Å². The molecule has 0 radical (unpaired) electrons. The van der Waals surface area contributed by atoms with Crippen LogP contribution in [0.4, 0.5) is 0 Å². The molecule has 0 aromatic heterocycles. The number of benzene rings is 1. The van der Waals surface area contributed by atoms with Gasteiger partial charge >= 0.3 is 0 Å². The second kappa shape index (κ2) is 10.5. The quantitative estimate of drug-likeness (QED) is 0.729. The molecule has 1 fully saturated rings. The van der Waals surface area contributed by atoms with Gasteiger partial charge in [0.25, 0.3) is 5.91 Å². The molecule has 7 heteroatoms. The van der Waals surface area contributed by atoms with Crippen LogP contribution in [0.5, 0.6) is 0 Å². The number of hydrogen-bond donors (Lipinski definition) is 2. The predicted octanol–water partition coefficient (Wildman–Crippen LogP) is 3.00. The smallest absolute Gasteiger partial charge is 0.251 e. The Balaban J connectivity index is 2.02. The molecule has 2 unspecified atom stereocenters. The van der Waals surface area contributed by atoms with E-state index in [2.05, 4.69) is 10.6 Å². The summed E-state index contributed by atoms with van der Waals surface area (Å²) in [4.78, 5) is 39.3. The van der Waals surface area contributed by atoms with Gasteiger partial charge in [0.15, 0.2) is 0 Å². The minimum Gasteiger partial charge on any atom is -0.352 e. The van der Waals surface area contributed by atoms with Crippen molar-refractivity contribution >= 4 is 29.3 Å². The molecule has 2 rings (SSSR count). The predicted molar refractivity (Wildman–Crippen MR) is 110 cm³/mol. The van der Waals surface area contributed by atoms with Crippen LogP contribution >= 0.6 is 11.6 Å². The number of carbonyl (C=O) groups excluding carboxylic acids is 3. The fourth-order valence-electron chi connectivity index (χ4n) is 3.36. The topological polar surface area (TPSA) is 78.5 Å². The van der Waals surface area contributed by atoms with Crippen LogP contribution < -0.4 is 10.6 Å². The summed E-state index contributed by atoms with van der Waals surface area (Å²) in [6.07, 6.45) is 2.99. The molecule has 0 spiro atoms. The third kappa shape index (κ3) is 6.23. The van der Waals surface area contributed by atoms with E-state index in [-0.39, 0.29) is 29.7 Å². The molecule has 3 amide bonds. The van der Waals surface area contributed by atoms with Crippen molar-refractivity contribution in [3.63, 3.8) is 0 Å². The summed E-state index contributed by atoms with van der Waals surface area (Å²) in [5.74, 6) is -0.433. The number of nitrogens with one attached hydrogen (secondary N) is 2. The molecule has 0 saturated carbocycles. The zero-order valence-electron chi connectivity index (χ0n) is 16.8. The number of rotatable bonds is 7. The molecule has 1 aromatic rings. The molecule has 1 aliphatic heterocycles. The monoisotopic (exact) mass is 407 g/mol. The summed E-state index contributed by atoms with van der Waals surface area (Å²) >= 11 is 5.87. The molecule has 1 aliphatic rings. The molecule has 6 nitrogen and oxygen atoms in total. The molecule has 1 saturated heterocycles. The Morgan fingerprint density at radius 2 is 1.89 bits per heavy atom. The Kier molecular flexibility index (Phi) is 8.30. The highest BCUT2D eigenvalue weighted by Crippen LogP contribution is 2.16. The van der Waals surface area contributed by atoms with Crippen molar-refractivity contribution in [1.82, 2.24) is 15.5 Å². The second-order valence-electron chi connectivity index (χ2n) is 7.64. The highest BCUT2D eigenvalue weighted by atomic mass is 35.5. The van der Waals surface area contributed by atoms with Crippen LogP contribution in [0.1, 0.15) is 56.8 Å². The maximum Gasteiger partial charge on any atom is 0.251 e. The van der Waals surface area contributed by atoms with Crippen LogP contribution in [-0.2, 0) is 9.59 Å². The van der Waals surface area contributed by atoms with Crippen LogP contribution in [0.25, 0.3) is 0 Å². The molecular formula is C21H30ClN3O3.